The van der Waals surface area contributed by atoms with Gasteiger partial charge in [-0.25, -0.2) is 10.0 Å². The number of nitrogens with one attached hydrogen (secondary N) is 2. The third-order valence-electron chi connectivity index (χ3n) is 5.70. The molecule has 1 aromatic heterocycles. The standard InChI is InChI=1S/C23H22N4O7S/c28-12-14(11-20(30)31)24-21(32)16-5-3-9-26-19(29)8-7-15(23(34)27(16)26)25-22(33)18-10-13-4-1-2-6-17(13)35-18/h1-4,6,9-10,12,14-16H,5,7-8,11H2,(H,24,32)(H,25,33)(H,30,31)/t14-,15-,16-/m0/s1. The van der Waals surface area contributed by atoms with Gasteiger partial charge in [-0.2, -0.15) is 0 Å². The van der Waals surface area contributed by atoms with Gasteiger partial charge in [0.25, 0.3) is 11.8 Å². The van der Waals surface area contributed by atoms with Gasteiger partial charge in [-0.15, -0.1) is 11.3 Å². The number of aldehydes is 1. The number of benzene rings is 1. The van der Waals surface area contributed by atoms with E-state index in [-0.39, 0.29) is 19.3 Å². The van der Waals surface area contributed by atoms with Crippen molar-refractivity contribution in [3.63, 3.8) is 0 Å². The van der Waals surface area contributed by atoms with Crippen LogP contribution in [-0.4, -0.2) is 69.1 Å². The lowest BCUT2D eigenvalue weighted by Gasteiger charge is -2.39. The van der Waals surface area contributed by atoms with Crippen LogP contribution in [-0.2, 0) is 24.0 Å². The minimum Gasteiger partial charge on any atom is -0.481 e. The average Bonchev–Trinajstić information content (AvgIpc) is 3.24. The van der Waals surface area contributed by atoms with Crippen LogP contribution in [0.4, 0.5) is 0 Å². The van der Waals surface area contributed by atoms with E-state index in [0.29, 0.717) is 11.2 Å². The van der Waals surface area contributed by atoms with Crippen LogP contribution in [0.5, 0.6) is 0 Å². The van der Waals surface area contributed by atoms with Gasteiger partial charge in [0.2, 0.25) is 11.8 Å². The molecule has 4 amide bonds. The molecule has 0 radical (unpaired) electrons. The van der Waals surface area contributed by atoms with E-state index >= 15 is 0 Å². The molecule has 1 aromatic carbocycles. The Labute approximate surface area is 203 Å². The Kier molecular flexibility index (Phi) is 6.92. The summed E-state index contributed by atoms with van der Waals surface area (Å²) in [5, 5.41) is 16.8. The fourth-order valence-corrected chi connectivity index (χ4v) is 4.98. The lowest BCUT2D eigenvalue weighted by Crippen LogP contribution is -2.61. The number of rotatable bonds is 7. The first-order valence-electron chi connectivity index (χ1n) is 10.9. The van der Waals surface area contributed by atoms with E-state index < -0.39 is 54.1 Å². The highest BCUT2D eigenvalue weighted by Gasteiger charge is 2.43. The zero-order valence-corrected chi connectivity index (χ0v) is 19.2. The first-order valence-corrected chi connectivity index (χ1v) is 11.7. The van der Waals surface area contributed by atoms with E-state index in [9.17, 15) is 28.8 Å². The smallest absolute Gasteiger partial charge is 0.305 e. The monoisotopic (exact) mass is 498 g/mol. The Bertz CT molecular complexity index is 1210. The molecular weight excluding hydrogens is 476 g/mol. The quantitative estimate of drug-likeness (QED) is 0.478. The summed E-state index contributed by atoms with van der Waals surface area (Å²) in [6.45, 7) is 0. The van der Waals surface area contributed by atoms with Crippen molar-refractivity contribution in [3.05, 3.63) is 47.5 Å². The van der Waals surface area contributed by atoms with Crippen molar-refractivity contribution in [1.82, 2.24) is 20.7 Å². The molecular formula is C23H22N4O7S. The number of thiophene rings is 1. The zero-order valence-electron chi connectivity index (χ0n) is 18.4. The van der Waals surface area contributed by atoms with Gasteiger partial charge in [0.05, 0.1) is 17.3 Å². The Morgan fingerprint density at radius 3 is 2.71 bits per heavy atom. The number of amides is 4. The summed E-state index contributed by atoms with van der Waals surface area (Å²) < 4.78 is 0.912. The maximum atomic E-state index is 13.5. The fraction of sp³-hybridized carbons (Fsp3) is 0.304. The number of hydrogen-bond acceptors (Lipinski definition) is 7. The van der Waals surface area contributed by atoms with Gasteiger partial charge in [-0.3, -0.25) is 24.0 Å². The van der Waals surface area contributed by atoms with E-state index in [1.54, 1.807) is 6.07 Å². The Morgan fingerprint density at radius 2 is 2.00 bits per heavy atom. The zero-order chi connectivity index (χ0) is 25.1. The van der Waals surface area contributed by atoms with Gasteiger partial charge in [-0.05, 0) is 30.4 Å². The number of hydrogen-bond donors (Lipinski definition) is 3. The van der Waals surface area contributed by atoms with Crippen molar-refractivity contribution in [2.24, 2.45) is 0 Å². The highest BCUT2D eigenvalue weighted by molar-refractivity contribution is 7.20. The third kappa shape index (κ3) is 5.06. The fourth-order valence-electron chi connectivity index (χ4n) is 4.02. The van der Waals surface area contributed by atoms with Gasteiger partial charge in [-0.1, -0.05) is 24.3 Å². The number of hydrazine groups is 1. The van der Waals surface area contributed by atoms with Crippen molar-refractivity contribution in [2.45, 2.75) is 43.8 Å². The third-order valence-corrected chi connectivity index (χ3v) is 6.82. The molecule has 1 fully saturated rings. The Balaban J connectivity index is 1.55. The van der Waals surface area contributed by atoms with E-state index in [4.69, 9.17) is 5.11 Å². The highest BCUT2D eigenvalue weighted by Crippen LogP contribution is 2.27. The second kappa shape index (κ2) is 10.1. The molecule has 0 saturated carbocycles. The Hall–Kier alpha value is -4.06. The largest absolute Gasteiger partial charge is 0.481 e. The summed E-state index contributed by atoms with van der Waals surface area (Å²) >= 11 is 1.27. The molecule has 0 aliphatic carbocycles. The maximum Gasteiger partial charge on any atom is 0.305 e. The summed E-state index contributed by atoms with van der Waals surface area (Å²) in [4.78, 5) is 74.5. The van der Waals surface area contributed by atoms with E-state index in [0.717, 1.165) is 20.1 Å². The van der Waals surface area contributed by atoms with Gasteiger partial charge >= 0.3 is 5.97 Å². The van der Waals surface area contributed by atoms with Crippen molar-refractivity contribution >= 4 is 57.3 Å². The van der Waals surface area contributed by atoms with Gasteiger partial charge < -0.3 is 20.5 Å². The average molecular weight is 499 g/mol. The Morgan fingerprint density at radius 1 is 1.23 bits per heavy atom. The molecule has 35 heavy (non-hydrogen) atoms. The molecule has 11 nitrogen and oxygen atoms in total. The molecule has 2 aromatic rings. The van der Waals surface area contributed by atoms with E-state index in [1.807, 2.05) is 24.3 Å². The minimum atomic E-state index is -1.29. The number of fused-ring (bicyclic) bond motifs is 2. The van der Waals surface area contributed by atoms with Crippen LogP contribution in [0.1, 0.15) is 35.4 Å². The van der Waals surface area contributed by atoms with E-state index in [1.165, 1.54) is 23.6 Å². The number of carbonyl (C=O) groups is 6. The van der Waals surface area contributed by atoms with Crippen molar-refractivity contribution in [2.75, 3.05) is 0 Å². The first kappa shape index (κ1) is 24.1. The van der Waals surface area contributed by atoms with Crippen LogP contribution >= 0.6 is 11.3 Å². The van der Waals surface area contributed by atoms with Crippen LogP contribution in [0.3, 0.4) is 0 Å². The molecule has 0 spiro atoms. The predicted molar refractivity (Wildman–Crippen MR) is 124 cm³/mol. The summed E-state index contributed by atoms with van der Waals surface area (Å²) in [5.41, 5.74) is 0. The number of aliphatic carboxylic acids is 1. The molecule has 1 saturated heterocycles. The molecule has 0 bridgehead atoms. The number of nitrogens with zero attached hydrogens (tertiary/aromatic N) is 2. The molecule has 3 atom stereocenters. The van der Waals surface area contributed by atoms with E-state index in [2.05, 4.69) is 10.6 Å². The van der Waals surface area contributed by atoms with Gasteiger partial charge in [0.1, 0.15) is 18.4 Å². The van der Waals surface area contributed by atoms with Crippen LogP contribution in [0, 0.1) is 0 Å². The SMILES string of the molecule is O=C[C@H](CC(=O)O)NC(=O)[C@@H]1CC=CN2C(=O)CC[C@H](NC(=O)c3cc4ccccc4s3)C(=O)N12. The summed E-state index contributed by atoms with van der Waals surface area (Å²) in [6, 6.07) is 5.62. The van der Waals surface area contributed by atoms with Crippen molar-refractivity contribution in [1.29, 1.82) is 0 Å². The second-order valence-corrected chi connectivity index (χ2v) is 9.20. The summed E-state index contributed by atoms with van der Waals surface area (Å²) in [5.74, 6) is -3.63. The number of carboxylic acid groups (broad SMARTS) is 1. The topological polar surface area (TPSA) is 153 Å². The lowest BCUT2D eigenvalue weighted by molar-refractivity contribution is -0.166. The van der Waals surface area contributed by atoms with Crippen molar-refractivity contribution < 1.29 is 33.9 Å². The van der Waals surface area contributed by atoms with Crippen molar-refractivity contribution in [3.8, 4) is 0 Å². The highest BCUT2D eigenvalue weighted by atomic mass is 32.1. The molecule has 4 rings (SSSR count). The summed E-state index contributed by atoms with van der Waals surface area (Å²) in [7, 11) is 0. The maximum absolute atomic E-state index is 13.5. The minimum absolute atomic E-state index is 0.0387. The first-order chi connectivity index (χ1) is 16.8. The predicted octanol–water partition coefficient (Wildman–Crippen LogP) is 0.810. The molecule has 12 heteroatoms. The van der Waals surface area contributed by atoms with Crippen LogP contribution in [0.25, 0.3) is 10.1 Å². The number of carboxylic acids is 1. The van der Waals surface area contributed by atoms with Crippen LogP contribution in [0.15, 0.2) is 42.6 Å². The van der Waals surface area contributed by atoms with Gasteiger partial charge in [0.15, 0.2) is 0 Å². The summed E-state index contributed by atoms with van der Waals surface area (Å²) in [6.07, 6.45) is 2.63. The molecule has 3 heterocycles. The molecule has 182 valence electrons. The molecule has 0 unspecified atom stereocenters. The molecule has 2 aliphatic rings. The lowest BCUT2D eigenvalue weighted by atomic mass is 10.1. The van der Waals surface area contributed by atoms with Crippen LogP contribution < -0.4 is 10.6 Å². The molecule has 3 N–H and O–H groups in total. The number of carbonyl (C=O) groups excluding carboxylic acids is 5. The van der Waals surface area contributed by atoms with Gasteiger partial charge in [0, 0.05) is 17.3 Å². The normalized spacial score (nSPS) is 20.7. The molecule has 2 aliphatic heterocycles. The van der Waals surface area contributed by atoms with Crippen LogP contribution in [0.2, 0.25) is 0 Å². The second-order valence-electron chi connectivity index (χ2n) is 8.12.